The van der Waals surface area contributed by atoms with Gasteiger partial charge in [0.25, 0.3) is 0 Å². The van der Waals surface area contributed by atoms with E-state index in [2.05, 4.69) is 5.32 Å². The zero-order valence-electron chi connectivity index (χ0n) is 11.5. The predicted octanol–water partition coefficient (Wildman–Crippen LogP) is 1.19. The Morgan fingerprint density at radius 1 is 1.37 bits per heavy atom. The van der Waals surface area contributed by atoms with Crippen LogP contribution in [-0.2, 0) is 4.79 Å². The van der Waals surface area contributed by atoms with Gasteiger partial charge in [0, 0.05) is 6.54 Å². The number of nitrogens with one attached hydrogen (secondary N) is 1. The molecule has 6 nitrogen and oxygen atoms in total. The van der Waals surface area contributed by atoms with Crippen molar-refractivity contribution in [2.24, 2.45) is 0 Å². The number of aliphatic hydroxyl groups is 1. The van der Waals surface area contributed by atoms with Crippen LogP contribution in [0.2, 0.25) is 0 Å². The average Bonchev–Trinajstić information content (AvgIpc) is 2.62. The Balaban J connectivity index is 2.64. The normalized spacial score (nSPS) is 21.6. The van der Waals surface area contributed by atoms with E-state index in [9.17, 15) is 14.7 Å². The largest absolute Gasteiger partial charge is 0.480 e. The van der Waals surface area contributed by atoms with E-state index in [-0.39, 0.29) is 18.7 Å². The molecule has 3 N–H and O–H groups in total. The third-order valence-electron chi connectivity index (χ3n) is 3.52. The summed E-state index contributed by atoms with van der Waals surface area (Å²) in [5.74, 6) is -1.01. The number of likely N-dealkylation sites (tertiary alicyclic amines) is 1. The van der Waals surface area contributed by atoms with Gasteiger partial charge in [-0.3, -0.25) is 0 Å². The molecule has 1 heterocycles. The van der Waals surface area contributed by atoms with Crippen molar-refractivity contribution in [3.05, 3.63) is 0 Å². The summed E-state index contributed by atoms with van der Waals surface area (Å²) in [7, 11) is 0. The Morgan fingerprint density at radius 2 is 2.11 bits per heavy atom. The molecule has 0 aromatic rings. The van der Waals surface area contributed by atoms with Crippen molar-refractivity contribution in [1.82, 2.24) is 10.2 Å². The summed E-state index contributed by atoms with van der Waals surface area (Å²) < 4.78 is 0. The number of urea groups is 1. The van der Waals surface area contributed by atoms with Gasteiger partial charge in [-0.25, -0.2) is 9.59 Å². The third-order valence-corrected chi connectivity index (χ3v) is 3.52. The minimum Gasteiger partial charge on any atom is -0.480 e. The van der Waals surface area contributed by atoms with Crippen LogP contribution >= 0.6 is 0 Å². The summed E-state index contributed by atoms with van der Waals surface area (Å²) in [6.07, 6.45) is 4.81. The smallest absolute Gasteiger partial charge is 0.326 e. The molecule has 0 aromatic carbocycles. The Morgan fingerprint density at radius 3 is 2.68 bits per heavy atom. The molecule has 1 rings (SSSR count). The van der Waals surface area contributed by atoms with E-state index in [0.717, 1.165) is 25.7 Å². The lowest BCUT2D eigenvalue weighted by atomic mass is 10.1. The van der Waals surface area contributed by atoms with Crippen molar-refractivity contribution < 1.29 is 19.8 Å². The Kier molecular flexibility index (Phi) is 6.62. The van der Waals surface area contributed by atoms with Gasteiger partial charge < -0.3 is 20.4 Å². The summed E-state index contributed by atoms with van der Waals surface area (Å²) in [5, 5.41) is 20.9. The van der Waals surface area contributed by atoms with E-state index < -0.39 is 12.0 Å². The van der Waals surface area contributed by atoms with Crippen molar-refractivity contribution in [1.29, 1.82) is 0 Å². The lowest BCUT2D eigenvalue weighted by Crippen LogP contribution is -2.52. The summed E-state index contributed by atoms with van der Waals surface area (Å²) >= 11 is 0. The molecular formula is C13H24N2O4. The number of hydrogen-bond acceptors (Lipinski definition) is 3. The molecule has 0 saturated carbocycles. The van der Waals surface area contributed by atoms with Crippen LogP contribution in [0.3, 0.4) is 0 Å². The molecule has 2 amide bonds. The SMILES string of the molecule is CCC[C@@H](NC(=O)N1CCCCCC1CO)C(=O)O. The predicted molar refractivity (Wildman–Crippen MR) is 70.9 cm³/mol. The van der Waals surface area contributed by atoms with E-state index in [1.807, 2.05) is 6.92 Å². The molecule has 6 heteroatoms. The number of aliphatic hydroxyl groups excluding tert-OH is 1. The van der Waals surface area contributed by atoms with Crippen LogP contribution in [0, 0.1) is 0 Å². The first-order valence-corrected chi connectivity index (χ1v) is 7.01. The van der Waals surface area contributed by atoms with Crippen LogP contribution in [0.15, 0.2) is 0 Å². The molecule has 1 fully saturated rings. The molecule has 1 unspecified atom stereocenters. The standard InChI is InChI=1S/C13H24N2O4/c1-2-6-11(12(17)18)14-13(19)15-8-5-3-4-7-10(15)9-16/h10-11,16H,2-9H2,1H3,(H,14,19)(H,17,18)/t10?,11-/m1/s1. The second kappa shape index (κ2) is 7.99. The quantitative estimate of drug-likeness (QED) is 0.701. The summed E-state index contributed by atoms with van der Waals surface area (Å²) in [5.41, 5.74) is 0. The molecule has 0 spiro atoms. The lowest BCUT2D eigenvalue weighted by Gasteiger charge is -2.30. The van der Waals surface area contributed by atoms with Crippen molar-refractivity contribution in [2.45, 2.75) is 57.5 Å². The first-order chi connectivity index (χ1) is 9.10. The summed E-state index contributed by atoms with van der Waals surface area (Å²) in [6, 6.07) is -1.42. The second-order valence-electron chi connectivity index (χ2n) is 5.01. The fourth-order valence-corrected chi connectivity index (χ4v) is 2.41. The number of carbonyl (C=O) groups excluding carboxylic acids is 1. The molecule has 0 aromatic heterocycles. The van der Waals surface area contributed by atoms with Crippen molar-refractivity contribution in [2.75, 3.05) is 13.2 Å². The van der Waals surface area contributed by atoms with Crippen LogP contribution < -0.4 is 5.32 Å². The number of nitrogens with zero attached hydrogens (tertiary/aromatic N) is 1. The molecule has 0 aliphatic carbocycles. The van der Waals surface area contributed by atoms with Gasteiger partial charge in [0.05, 0.1) is 12.6 Å². The number of aliphatic carboxylic acids is 1. The Labute approximate surface area is 113 Å². The maximum Gasteiger partial charge on any atom is 0.326 e. The highest BCUT2D eigenvalue weighted by Crippen LogP contribution is 2.16. The van der Waals surface area contributed by atoms with Gasteiger partial charge in [-0.1, -0.05) is 26.2 Å². The van der Waals surface area contributed by atoms with Crippen LogP contribution in [-0.4, -0.2) is 52.3 Å². The van der Waals surface area contributed by atoms with Gasteiger partial charge in [0.1, 0.15) is 6.04 Å². The monoisotopic (exact) mass is 272 g/mol. The number of carbonyl (C=O) groups is 2. The number of carboxylic acids is 1. The fourth-order valence-electron chi connectivity index (χ4n) is 2.41. The number of rotatable bonds is 5. The molecule has 1 saturated heterocycles. The first-order valence-electron chi connectivity index (χ1n) is 7.01. The minimum absolute atomic E-state index is 0.0705. The molecule has 1 aliphatic rings. The van der Waals surface area contributed by atoms with Gasteiger partial charge in [-0.2, -0.15) is 0 Å². The lowest BCUT2D eigenvalue weighted by molar-refractivity contribution is -0.139. The van der Waals surface area contributed by atoms with E-state index in [1.165, 1.54) is 0 Å². The third kappa shape index (κ3) is 4.70. The van der Waals surface area contributed by atoms with Crippen LogP contribution in [0.4, 0.5) is 4.79 Å². The summed E-state index contributed by atoms with van der Waals surface area (Å²) in [6.45, 7) is 2.39. The highest BCUT2D eigenvalue weighted by atomic mass is 16.4. The molecule has 1 aliphatic heterocycles. The molecule has 0 radical (unpaired) electrons. The Bertz CT molecular complexity index is 309. The molecule has 110 valence electrons. The van der Waals surface area contributed by atoms with Gasteiger partial charge >= 0.3 is 12.0 Å². The number of hydrogen-bond donors (Lipinski definition) is 3. The molecule has 19 heavy (non-hydrogen) atoms. The van der Waals surface area contributed by atoms with Crippen LogP contribution in [0.1, 0.15) is 45.4 Å². The van der Waals surface area contributed by atoms with E-state index in [1.54, 1.807) is 4.90 Å². The molecule has 0 bridgehead atoms. The zero-order valence-corrected chi connectivity index (χ0v) is 11.5. The van der Waals surface area contributed by atoms with Crippen LogP contribution in [0.25, 0.3) is 0 Å². The van der Waals surface area contributed by atoms with E-state index >= 15 is 0 Å². The summed E-state index contributed by atoms with van der Waals surface area (Å²) in [4.78, 5) is 24.8. The van der Waals surface area contributed by atoms with Crippen molar-refractivity contribution >= 4 is 12.0 Å². The van der Waals surface area contributed by atoms with Crippen molar-refractivity contribution in [3.63, 3.8) is 0 Å². The maximum absolute atomic E-state index is 12.2. The number of amides is 2. The van der Waals surface area contributed by atoms with Crippen LogP contribution in [0.5, 0.6) is 0 Å². The van der Waals surface area contributed by atoms with Gasteiger partial charge in [-0.05, 0) is 19.3 Å². The fraction of sp³-hybridized carbons (Fsp3) is 0.846. The average molecular weight is 272 g/mol. The van der Waals surface area contributed by atoms with E-state index in [0.29, 0.717) is 19.4 Å². The van der Waals surface area contributed by atoms with E-state index in [4.69, 9.17) is 5.11 Å². The topological polar surface area (TPSA) is 89.9 Å². The maximum atomic E-state index is 12.2. The Hall–Kier alpha value is -1.30. The highest BCUT2D eigenvalue weighted by Gasteiger charge is 2.28. The highest BCUT2D eigenvalue weighted by molar-refractivity contribution is 5.82. The first kappa shape index (κ1) is 15.8. The minimum atomic E-state index is -1.01. The van der Waals surface area contributed by atoms with Crippen molar-refractivity contribution in [3.8, 4) is 0 Å². The van der Waals surface area contributed by atoms with Gasteiger partial charge in [-0.15, -0.1) is 0 Å². The number of carboxylic acid groups (broad SMARTS) is 1. The van der Waals surface area contributed by atoms with Gasteiger partial charge in [0.2, 0.25) is 0 Å². The van der Waals surface area contributed by atoms with Gasteiger partial charge in [0.15, 0.2) is 0 Å². The molecular weight excluding hydrogens is 248 g/mol. The zero-order chi connectivity index (χ0) is 14.3. The molecule has 2 atom stereocenters. The second-order valence-corrected chi connectivity index (χ2v) is 5.01.